The molecule has 0 radical (unpaired) electrons. The molecule has 2 aromatic rings. The lowest BCUT2D eigenvalue weighted by molar-refractivity contribution is 0.341. The van der Waals surface area contributed by atoms with Gasteiger partial charge in [-0.1, -0.05) is 23.7 Å². The van der Waals surface area contributed by atoms with Crippen molar-refractivity contribution < 1.29 is 4.74 Å². The summed E-state index contributed by atoms with van der Waals surface area (Å²) in [6.45, 7) is 2.58. The maximum Gasteiger partial charge on any atom is 0.164 e. The number of benzene rings is 1. The van der Waals surface area contributed by atoms with Crippen molar-refractivity contribution in [3.8, 4) is 17.1 Å². The lowest BCUT2D eigenvalue weighted by Gasteiger charge is -2.10. The molecule has 0 aliphatic heterocycles. The summed E-state index contributed by atoms with van der Waals surface area (Å²) in [5.74, 6) is 2.01. The van der Waals surface area contributed by atoms with Crippen molar-refractivity contribution in [2.45, 2.75) is 25.7 Å². The van der Waals surface area contributed by atoms with Gasteiger partial charge in [0.15, 0.2) is 5.82 Å². The summed E-state index contributed by atoms with van der Waals surface area (Å²) in [5, 5.41) is 0.498. The second kappa shape index (κ2) is 5.17. The van der Waals surface area contributed by atoms with Crippen LogP contribution in [0.5, 0.6) is 5.75 Å². The maximum atomic E-state index is 6.11. The fourth-order valence-electron chi connectivity index (χ4n) is 2.08. The minimum absolute atomic E-state index is 0.498. The number of halogens is 1. The Hall–Kier alpha value is -1.61. The molecular formula is C15H15ClN2O. The second-order valence-electron chi connectivity index (χ2n) is 4.64. The van der Waals surface area contributed by atoms with Crippen LogP contribution in [0.25, 0.3) is 11.4 Å². The molecule has 1 heterocycles. The zero-order valence-electron chi connectivity index (χ0n) is 10.8. The highest BCUT2D eigenvalue weighted by Gasteiger charge is 2.26. The van der Waals surface area contributed by atoms with Gasteiger partial charge in [0.1, 0.15) is 10.9 Å². The Morgan fingerprint density at radius 2 is 2.05 bits per heavy atom. The highest BCUT2D eigenvalue weighted by Crippen LogP contribution is 2.40. The van der Waals surface area contributed by atoms with E-state index < -0.39 is 0 Å². The highest BCUT2D eigenvalue weighted by atomic mass is 35.5. The van der Waals surface area contributed by atoms with E-state index in [1.807, 2.05) is 37.3 Å². The van der Waals surface area contributed by atoms with Crippen LogP contribution in [-0.4, -0.2) is 16.6 Å². The first-order valence-corrected chi connectivity index (χ1v) is 6.92. The first-order valence-electron chi connectivity index (χ1n) is 6.54. The molecule has 98 valence electrons. The van der Waals surface area contributed by atoms with E-state index >= 15 is 0 Å². The fraction of sp³-hybridized carbons (Fsp3) is 0.333. The smallest absolute Gasteiger partial charge is 0.164 e. The van der Waals surface area contributed by atoms with E-state index in [9.17, 15) is 0 Å². The van der Waals surface area contributed by atoms with E-state index in [0.29, 0.717) is 23.5 Å². The van der Waals surface area contributed by atoms with Gasteiger partial charge in [-0.05, 0) is 38.0 Å². The van der Waals surface area contributed by atoms with E-state index in [-0.39, 0.29) is 0 Å². The SMILES string of the molecule is CCOc1ccccc1-c1nc(Cl)cc(C2CC2)n1. The summed E-state index contributed by atoms with van der Waals surface area (Å²) < 4.78 is 5.62. The van der Waals surface area contributed by atoms with Crippen molar-refractivity contribution in [1.29, 1.82) is 0 Å². The third-order valence-electron chi connectivity index (χ3n) is 3.14. The van der Waals surface area contributed by atoms with Gasteiger partial charge in [0.05, 0.1) is 12.2 Å². The average Bonchev–Trinajstić information content (AvgIpc) is 3.23. The van der Waals surface area contributed by atoms with E-state index in [1.165, 1.54) is 12.8 Å². The maximum absolute atomic E-state index is 6.11. The summed E-state index contributed by atoms with van der Waals surface area (Å²) in [4.78, 5) is 8.96. The monoisotopic (exact) mass is 274 g/mol. The minimum atomic E-state index is 0.498. The zero-order chi connectivity index (χ0) is 13.2. The van der Waals surface area contributed by atoms with Crippen molar-refractivity contribution in [3.05, 3.63) is 41.2 Å². The third kappa shape index (κ3) is 2.71. The van der Waals surface area contributed by atoms with Crippen LogP contribution < -0.4 is 4.74 Å². The molecule has 1 aliphatic rings. The quantitative estimate of drug-likeness (QED) is 0.788. The molecule has 3 rings (SSSR count). The first-order chi connectivity index (χ1) is 9.28. The van der Waals surface area contributed by atoms with Gasteiger partial charge in [-0.2, -0.15) is 0 Å². The molecule has 1 aliphatic carbocycles. The van der Waals surface area contributed by atoms with Gasteiger partial charge in [-0.3, -0.25) is 0 Å². The van der Waals surface area contributed by atoms with Crippen LogP contribution in [0.3, 0.4) is 0 Å². The number of hydrogen-bond acceptors (Lipinski definition) is 3. The summed E-state index contributed by atoms with van der Waals surface area (Å²) >= 11 is 6.11. The topological polar surface area (TPSA) is 35.0 Å². The zero-order valence-corrected chi connectivity index (χ0v) is 11.5. The Morgan fingerprint density at radius 1 is 1.26 bits per heavy atom. The molecule has 1 aromatic carbocycles. The van der Waals surface area contributed by atoms with Gasteiger partial charge in [-0.15, -0.1) is 0 Å². The molecule has 0 N–H and O–H groups in total. The van der Waals surface area contributed by atoms with Crippen LogP contribution in [0.15, 0.2) is 30.3 Å². The lowest BCUT2D eigenvalue weighted by atomic mass is 10.1. The molecular weight excluding hydrogens is 260 g/mol. The first kappa shape index (κ1) is 12.4. The van der Waals surface area contributed by atoms with E-state index in [4.69, 9.17) is 16.3 Å². The fourth-order valence-corrected chi connectivity index (χ4v) is 2.27. The molecule has 19 heavy (non-hydrogen) atoms. The summed E-state index contributed by atoms with van der Waals surface area (Å²) in [5.41, 5.74) is 1.94. The molecule has 1 aromatic heterocycles. The number of hydrogen-bond donors (Lipinski definition) is 0. The Kier molecular flexibility index (Phi) is 3.38. The number of nitrogens with zero attached hydrogens (tertiary/aromatic N) is 2. The van der Waals surface area contributed by atoms with E-state index in [2.05, 4.69) is 9.97 Å². The van der Waals surface area contributed by atoms with Gasteiger partial charge < -0.3 is 4.74 Å². The van der Waals surface area contributed by atoms with Gasteiger partial charge in [0.25, 0.3) is 0 Å². The molecule has 0 unspecified atom stereocenters. The average molecular weight is 275 g/mol. The number of aromatic nitrogens is 2. The molecule has 3 nitrogen and oxygen atoms in total. The molecule has 1 saturated carbocycles. The molecule has 0 spiro atoms. The van der Waals surface area contributed by atoms with Crippen molar-refractivity contribution in [1.82, 2.24) is 9.97 Å². The van der Waals surface area contributed by atoms with Gasteiger partial charge >= 0.3 is 0 Å². The number of ether oxygens (including phenoxy) is 1. The molecule has 4 heteroatoms. The normalized spacial score (nSPS) is 14.4. The van der Waals surface area contributed by atoms with Crippen LogP contribution in [-0.2, 0) is 0 Å². The van der Waals surface area contributed by atoms with Gasteiger partial charge in [-0.25, -0.2) is 9.97 Å². The molecule has 0 amide bonds. The number of para-hydroxylation sites is 1. The van der Waals surface area contributed by atoms with Crippen LogP contribution in [0, 0.1) is 0 Å². The largest absolute Gasteiger partial charge is 0.493 e. The second-order valence-corrected chi connectivity index (χ2v) is 5.03. The summed E-state index contributed by atoms with van der Waals surface area (Å²) in [7, 11) is 0. The Labute approximate surface area is 117 Å². The van der Waals surface area contributed by atoms with Crippen LogP contribution in [0.2, 0.25) is 5.15 Å². The summed E-state index contributed by atoms with van der Waals surface area (Å²) in [6, 6.07) is 9.67. The molecule has 0 saturated heterocycles. The highest BCUT2D eigenvalue weighted by molar-refractivity contribution is 6.29. The van der Waals surface area contributed by atoms with Gasteiger partial charge in [0.2, 0.25) is 0 Å². The van der Waals surface area contributed by atoms with Crippen LogP contribution in [0.4, 0.5) is 0 Å². The number of rotatable bonds is 4. The predicted molar refractivity (Wildman–Crippen MR) is 75.6 cm³/mol. The third-order valence-corrected chi connectivity index (χ3v) is 3.33. The minimum Gasteiger partial charge on any atom is -0.493 e. The molecule has 0 bridgehead atoms. The van der Waals surface area contributed by atoms with Crippen LogP contribution in [0.1, 0.15) is 31.4 Å². The standard InChI is InChI=1S/C15H15ClN2O/c1-2-19-13-6-4-3-5-11(13)15-17-12(10-7-8-10)9-14(16)18-15/h3-6,9-10H,2,7-8H2,1H3. The van der Waals surface area contributed by atoms with Crippen molar-refractivity contribution in [2.24, 2.45) is 0 Å². The Morgan fingerprint density at radius 3 is 2.79 bits per heavy atom. The van der Waals surface area contributed by atoms with Crippen molar-refractivity contribution in [2.75, 3.05) is 6.61 Å². The lowest BCUT2D eigenvalue weighted by Crippen LogP contribution is -1.98. The summed E-state index contributed by atoms with van der Waals surface area (Å²) in [6.07, 6.45) is 2.39. The Bertz CT molecular complexity index is 596. The van der Waals surface area contributed by atoms with Crippen molar-refractivity contribution >= 4 is 11.6 Å². The van der Waals surface area contributed by atoms with E-state index in [1.54, 1.807) is 0 Å². The molecule has 0 atom stereocenters. The predicted octanol–water partition coefficient (Wildman–Crippen LogP) is 4.07. The van der Waals surface area contributed by atoms with Gasteiger partial charge in [0, 0.05) is 11.6 Å². The van der Waals surface area contributed by atoms with Crippen LogP contribution >= 0.6 is 11.6 Å². The van der Waals surface area contributed by atoms with E-state index in [0.717, 1.165) is 17.0 Å². The van der Waals surface area contributed by atoms with Crippen molar-refractivity contribution in [3.63, 3.8) is 0 Å². The Balaban J connectivity index is 2.05. The molecule has 1 fully saturated rings.